The zero-order valence-corrected chi connectivity index (χ0v) is 16.4. The molecule has 0 bridgehead atoms. The summed E-state index contributed by atoms with van der Waals surface area (Å²) in [4.78, 5) is 11.1. The monoisotopic (exact) mass is 427 g/mol. The molecule has 0 aliphatic heterocycles. The van der Waals surface area contributed by atoms with E-state index in [1.54, 1.807) is 13.2 Å². The van der Waals surface area contributed by atoms with Gasteiger partial charge in [-0.15, -0.1) is 0 Å². The Morgan fingerprint density at radius 3 is 2.64 bits per heavy atom. The van der Waals surface area contributed by atoms with Crippen LogP contribution >= 0.6 is 27.5 Å². The van der Waals surface area contributed by atoms with Gasteiger partial charge in [0.05, 0.1) is 29.5 Å². The summed E-state index contributed by atoms with van der Waals surface area (Å²) in [5, 5.41) is 12.7. The molecule has 0 amide bonds. The van der Waals surface area contributed by atoms with Crippen LogP contribution < -0.4 is 14.8 Å². The minimum absolute atomic E-state index is 0.0206. The van der Waals surface area contributed by atoms with Gasteiger partial charge in [0.2, 0.25) is 0 Å². The number of hydrogen-bond donors (Lipinski definition) is 2. The molecule has 2 rings (SSSR count). The first-order chi connectivity index (χ1) is 11.8. The van der Waals surface area contributed by atoms with Crippen molar-refractivity contribution in [3.05, 3.63) is 51.0 Å². The highest BCUT2D eigenvalue weighted by Gasteiger charge is 2.15. The average Bonchev–Trinajstić information content (AvgIpc) is 2.55. The zero-order chi connectivity index (χ0) is 18.6. The number of carboxylic acid groups (broad SMARTS) is 1. The number of anilines is 1. The summed E-state index contributed by atoms with van der Waals surface area (Å²) in [6.45, 7) is 4.26. The highest BCUT2D eigenvalue weighted by Crippen LogP contribution is 2.36. The van der Waals surface area contributed by atoms with E-state index in [0.29, 0.717) is 28.8 Å². The topological polar surface area (TPSA) is 67.8 Å². The highest BCUT2D eigenvalue weighted by atomic mass is 79.9. The van der Waals surface area contributed by atoms with Crippen molar-refractivity contribution in [2.24, 2.45) is 0 Å². The van der Waals surface area contributed by atoms with Crippen LogP contribution in [0.2, 0.25) is 5.02 Å². The largest absolute Gasteiger partial charge is 0.493 e. The van der Waals surface area contributed by atoms with Crippen molar-refractivity contribution >= 4 is 39.2 Å². The second-order valence-corrected chi connectivity index (χ2v) is 6.94. The van der Waals surface area contributed by atoms with Gasteiger partial charge in [0, 0.05) is 16.6 Å². The summed E-state index contributed by atoms with van der Waals surface area (Å²) >= 11 is 9.62. The molecule has 7 heteroatoms. The first-order valence-electron chi connectivity index (χ1n) is 7.61. The fourth-order valence-corrected chi connectivity index (χ4v) is 2.93. The van der Waals surface area contributed by atoms with Gasteiger partial charge in [0.1, 0.15) is 0 Å². The SMILES string of the molecule is COc1cc(Br)cc(CNc2cc(C(=O)O)ccc2Cl)c1OC(C)C. The maximum atomic E-state index is 11.1. The van der Waals surface area contributed by atoms with Gasteiger partial charge >= 0.3 is 5.97 Å². The van der Waals surface area contributed by atoms with Gasteiger partial charge in [0.25, 0.3) is 0 Å². The number of rotatable bonds is 7. The van der Waals surface area contributed by atoms with Crippen LogP contribution in [0.25, 0.3) is 0 Å². The third-order valence-corrected chi connectivity index (χ3v) is 4.14. The Bertz CT molecular complexity index is 780. The summed E-state index contributed by atoms with van der Waals surface area (Å²) < 4.78 is 12.1. The van der Waals surface area contributed by atoms with Gasteiger partial charge in [-0.2, -0.15) is 0 Å². The fraction of sp³-hybridized carbons (Fsp3) is 0.278. The summed E-state index contributed by atoms with van der Waals surface area (Å²) in [5.41, 5.74) is 1.56. The molecule has 5 nitrogen and oxygen atoms in total. The number of nitrogens with one attached hydrogen (secondary N) is 1. The fourth-order valence-electron chi connectivity index (χ4n) is 2.26. The van der Waals surface area contributed by atoms with Crippen LogP contribution in [-0.4, -0.2) is 24.3 Å². The van der Waals surface area contributed by atoms with Crippen LogP contribution in [0.4, 0.5) is 5.69 Å². The van der Waals surface area contributed by atoms with Crippen molar-refractivity contribution in [2.45, 2.75) is 26.5 Å². The van der Waals surface area contributed by atoms with E-state index >= 15 is 0 Å². The molecule has 0 atom stereocenters. The van der Waals surface area contributed by atoms with Crippen molar-refractivity contribution in [3.63, 3.8) is 0 Å². The first-order valence-corrected chi connectivity index (χ1v) is 8.78. The van der Waals surface area contributed by atoms with Crippen LogP contribution in [0, 0.1) is 0 Å². The van der Waals surface area contributed by atoms with E-state index in [-0.39, 0.29) is 11.7 Å². The Morgan fingerprint density at radius 2 is 2.04 bits per heavy atom. The molecule has 0 aliphatic carbocycles. The van der Waals surface area contributed by atoms with Crippen LogP contribution in [0.15, 0.2) is 34.8 Å². The molecule has 134 valence electrons. The van der Waals surface area contributed by atoms with Crippen molar-refractivity contribution in [1.82, 2.24) is 0 Å². The van der Waals surface area contributed by atoms with E-state index < -0.39 is 5.97 Å². The predicted octanol–water partition coefficient (Wildman–Crippen LogP) is 5.21. The number of ether oxygens (including phenoxy) is 2. The lowest BCUT2D eigenvalue weighted by atomic mass is 10.1. The molecular weight excluding hydrogens is 410 g/mol. The standard InChI is InChI=1S/C18H19BrClNO4/c1-10(2)25-17-12(6-13(19)8-16(17)24-3)9-21-15-7-11(18(22)23)4-5-14(15)20/h4-8,10,21H,9H2,1-3H3,(H,22,23). The maximum absolute atomic E-state index is 11.1. The lowest BCUT2D eigenvalue weighted by Crippen LogP contribution is -2.11. The third kappa shape index (κ3) is 5.03. The Hall–Kier alpha value is -1.92. The highest BCUT2D eigenvalue weighted by molar-refractivity contribution is 9.10. The molecule has 0 saturated carbocycles. The second kappa shape index (κ2) is 8.45. The summed E-state index contributed by atoms with van der Waals surface area (Å²) in [6, 6.07) is 8.27. The number of hydrogen-bond acceptors (Lipinski definition) is 4. The van der Waals surface area contributed by atoms with Crippen molar-refractivity contribution in [1.29, 1.82) is 0 Å². The van der Waals surface area contributed by atoms with Gasteiger partial charge in [-0.25, -0.2) is 4.79 Å². The first kappa shape index (κ1) is 19.4. The second-order valence-electron chi connectivity index (χ2n) is 5.62. The maximum Gasteiger partial charge on any atom is 0.335 e. The van der Waals surface area contributed by atoms with Gasteiger partial charge in [0.15, 0.2) is 11.5 Å². The molecule has 25 heavy (non-hydrogen) atoms. The Morgan fingerprint density at radius 1 is 1.32 bits per heavy atom. The molecule has 0 radical (unpaired) electrons. The summed E-state index contributed by atoms with van der Waals surface area (Å²) in [6.07, 6.45) is -0.0206. The minimum Gasteiger partial charge on any atom is -0.493 e. The van der Waals surface area contributed by atoms with Gasteiger partial charge < -0.3 is 19.9 Å². The molecular formula is C18H19BrClNO4. The smallest absolute Gasteiger partial charge is 0.335 e. The predicted molar refractivity (Wildman–Crippen MR) is 102 cm³/mol. The van der Waals surface area contributed by atoms with Gasteiger partial charge in [-0.05, 0) is 44.2 Å². The molecule has 0 aliphatic rings. The van der Waals surface area contributed by atoms with E-state index in [9.17, 15) is 4.79 Å². The molecule has 0 heterocycles. The average molecular weight is 429 g/mol. The number of benzene rings is 2. The molecule has 0 fully saturated rings. The van der Waals surface area contributed by atoms with E-state index in [0.717, 1.165) is 10.0 Å². The van der Waals surface area contributed by atoms with Crippen LogP contribution in [0.5, 0.6) is 11.5 Å². The Kier molecular flexibility index (Phi) is 6.56. The summed E-state index contributed by atoms with van der Waals surface area (Å²) in [5.74, 6) is 0.247. The zero-order valence-electron chi connectivity index (χ0n) is 14.1. The summed E-state index contributed by atoms with van der Waals surface area (Å²) in [7, 11) is 1.58. The van der Waals surface area contributed by atoms with Crippen LogP contribution in [0.3, 0.4) is 0 Å². The normalized spacial score (nSPS) is 10.6. The molecule has 2 N–H and O–H groups in total. The minimum atomic E-state index is -1.01. The lowest BCUT2D eigenvalue weighted by molar-refractivity contribution is 0.0697. The van der Waals surface area contributed by atoms with Crippen molar-refractivity contribution < 1.29 is 19.4 Å². The molecule has 0 aromatic heterocycles. The van der Waals surface area contributed by atoms with Crippen molar-refractivity contribution in [2.75, 3.05) is 12.4 Å². The van der Waals surface area contributed by atoms with E-state index in [4.69, 9.17) is 26.2 Å². The molecule has 0 spiro atoms. The van der Waals surface area contributed by atoms with Gasteiger partial charge in [-0.1, -0.05) is 27.5 Å². The lowest BCUT2D eigenvalue weighted by Gasteiger charge is -2.19. The van der Waals surface area contributed by atoms with E-state index in [2.05, 4.69) is 21.2 Å². The van der Waals surface area contributed by atoms with E-state index in [1.807, 2.05) is 26.0 Å². The Labute approximate surface area is 160 Å². The van der Waals surface area contributed by atoms with Crippen molar-refractivity contribution in [3.8, 4) is 11.5 Å². The van der Waals surface area contributed by atoms with Crippen LogP contribution in [-0.2, 0) is 6.54 Å². The van der Waals surface area contributed by atoms with E-state index in [1.165, 1.54) is 12.1 Å². The third-order valence-electron chi connectivity index (χ3n) is 3.35. The molecule has 0 unspecified atom stereocenters. The number of aromatic carboxylic acids is 1. The number of methoxy groups -OCH3 is 1. The number of carbonyl (C=O) groups is 1. The van der Waals surface area contributed by atoms with Crippen LogP contribution in [0.1, 0.15) is 29.8 Å². The quantitative estimate of drug-likeness (QED) is 0.634. The number of carboxylic acids is 1. The van der Waals surface area contributed by atoms with Gasteiger partial charge in [-0.3, -0.25) is 0 Å². The molecule has 0 saturated heterocycles. The molecule has 2 aromatic rings. The number of halogens is 2. The Balaban J connectivity index is 2.32. The molecule has 2 aromatic carbocycles.